The first-order valence-corrected chi connectivity index (χ1v) is 10.7. The Morgan fingerprint density at radius 1 is 1.03 bits per heavy atom. The molecule has 1 saturated heterocycles. The van der Waals surface area contributed by atoms with E-state index >= 15 is 0 Å². The van der Waals surface area contributed by atoms with E-state index in [1.807, 2.05) is 18.3 Å². The number of hydrogen-bond donors (Lipinski definition) is 1. The first kappa shape index (κ1) is 18.4. The maximum Gasteiger partial charge on any atom is 0.174 e. The van der Waals surface area contributed by atoms with Crippen molar-refractivity contribution in [1.29, 1.82) is 0 Å². The molecule has 2 unspecified atom stereocenters. The quantitative estimate of drug-likeness (QED) is 0.599. The Kier molecular flexibility index (Phi) is 4.43. The lowest BCUT2D eigenvalue weighted by atomic mass is 9.96. The van der Waals surface area contributed by atoms with Crippen LogP contribution in [0, 0.1) is 20.8 Å². The summed E-state index contributed by atoms with van der Waals surface area (Å²) in [4.78, 5) is 6.95. The Morgan fingerprint density at radius 2 is 1.86 bits per heavy atom. The van der Waals surface area contributed by atoms with E-state index in [1.54, 1.807) is 0 Å². The summed E-state index contributed by atoms with van der Waals surface area (Å²) in [6, 6.07) is 17.8. The summed E-state index contributed by atoms with van der Waals surface area (Å²) in [6.07, 6.45) is 4.42. The third kappa shape index (κ3) is 3.14. The van der Waals surface area contributed by atoms with Crippen molar-refractivity contribution < 1.29 is 0 Å². The molecular formula is C24H26N4S. The standard InChI is InChI=1S/C24H26N4S/c1-15-7-6-8-19(13-15)28-23(20-14-16(2)27(17(20)3)18-10-11-18)22(26-24(28)29)21-9-4-5-12-25-21/h4-9,12-14,18,22-23H,10-11H2,1-3H3,(H,26,29). The Morgan fingerprint density at radius 3 is 2.55 bits per heavy atom. The average molecular weight is 403 g/mol. The maximum absolute atomic E-state index is 5.85. The zero-order chi connectivity index (χ0) is 20.1. The average Bonchev–Trinajstić information content (AvgIpc) is 3.42. The Labute approximate surface area is 177 Å². The minimum absolute atomic E-state index is 0.0114. The van der Waals surface area contributed by atoms with Gasteiger partial charge >= 0.3 is 0 Å². The highest BCUT2D eigenvalue weighted by molar-refractivity contribution is 7.80. The van der Waals surface area contributed by atoms with Gasteiger partial charge < -0.3 is 14.8 Å². The number of nitrogens with one attached hydrogen (secondary N) is 1. The summed E-state index contributed by atoms with van der Waals surface area (Å²) in [5, 5.41) is 4.33. The molecule has 29 heavy (non-hydrogen) atoms. The molecule has 4 nitrogen and oxygen atoms in total. The molecule has 1 aliphatic carbocycles. The minimum Gasteiger partial charge on any atom is -0.351 e. The van der Waals surface area contributed by atoms with E-state index < -0.39 is 0 Å². The van der Waals surface area contributed by atoms with Crippen LogP contribution in [-0.4, -0.2) is 14.7 Å². The fraction of sp³-hybridized carbons (Fsp3) is 0.333. The van der Waals surface area contributed by atoms with Gasteiger partial charge in [0.15, 0.2) is 5.11 Å². The third-order valence-corrected chi connectivity index (χ3v) is 6.45. The molecule has 2 fully saturated rings. The molecule has 3 aromatic rings. The van der Waals surface area contributed by atoms with Crippen molar-refractivity contribution in [2.24, 2.45) is 0 Å². The Bertz CT molecular complexity index is 1070. The topological polar surface area (TPSA) is 33.1 Å². The molecule has 0 bridgehead atoms. The maximum atomic E-state index is 5.85. The second-order valence-corrected chi connectivity index (χ2v) is 8.65. The van der Waals surface area contributed by atoms with Gasteiger partial charge in [-0.15, -0.1) is 0 Å². The zero-order valence-electron chi connectivity index (χ0n) is 17.1. The largest absolute Gasteiger partial charge is 0.351 e. The van der Waals surface area contributed by atoms with E-state index in [0.717, 1.165) is 16.5 Å². The molecule has 5 heteroatoms. The number of benzene rings is 1. The van der Waals surface area contributed by atoms with Crippen LogP contribution in [0.15, 0.2) is 54.7 Å². The molecule has 0 radical (unpaired) electrons. The molecule has 2 aliphatic rings. The lowest BCUT2D eigenvalue weighted by Gasteiger charge is -2.28. The van der Waals surface area contributed by atoms with E-state index in [9.17, 15) is 0 Å². The van der Waals surface area contributed by atoms with Crippen molar-refractivity contribution in [1.82, 2.24) is 14.9 Å². The van der Waals surface area contributed by atoms with Gasteiger partial charge in [-0.2, -0.15) is 0 Å². The van der Waals surface area contributed by atoms with Crippen LogP contribution in [0.4, 0.5) is 5.69 Å². The number of hydrogen-bond acceptors (Lipinski definition) is 2. The molecule has 0 amide bonds. The fourth-order valence-electron chi connectivity index (χ4n) is 4.72. The summed E-state index contributed by atoms with van der Waals surface area (Å²) in [5.41, 5.74) is 7.39. The number of thiocarbonyl (C=S) groups is 1. The van der Waals surface area contributed by atoms with Gasteiger partial charge in [-0.25, -0.2) is 0 Å². The van der Waals surface area contributed by atoms with Gasteiger partial charge in [0.05, 0.1) is 17.8 Å². The molecule has 2 aromatic heterocycles. The monoisotopic (exact) mass is 402 g/mol. The smallest absolute Gasteiger partial charge is 0.174 e. The molecule has 3 heterocycles. The van der Waals surface area contributed by atoms with Gasteiger partial charge in [0.25, 0.3) is 0 Å². The summed E-state index contributed by atoms with van der Waals surface area (Å²) < 4.78 is 2.51. The summed E-state index contributed by atoms with van der Waals surface area (Å²) in [7, 11) is 0. The van der Waals surface area contributed by atoms with E-state index in [0.29, 0.717) is 6.04 Å². The van der Waals surface area contributed by atoms with Gasteiger partial charge in [0.2, 0.25) is 0 Å². The van der Waals surface area contributed by atoms with E-state index in [-0.39, 0.29) is 12.1 Å². The van der Waals surface area contributed by atoms with Crippen molar-refractivity contribution >= 4 is 23.0 Å². The predicted molar refractivity (Wildman–Crippen MR) is 121 cm³/mol. The highest BCUT2D eigenvalue weighted by Crippen LogP contribution is 2.46. The molecule has 1 saturated carbocycles. The van der Waals surface area contributed by atoms with Crippen molar-refractivity contribution in [3.05, 3.63) is 82.9 Å². The van der Waals surface area contributed by atoms with Crippen molar-refractivity contribution in [2.45, 2.75) is 51.7 Å². The molecule has 2 atom stereocenters. The molecule has 0 spiro atoms. The minimum atomic E-state index is 0.0114. The Balaban J connectivity index is 1.67. The molecule has 1 N–H and O–H groups in total. The van der Waals surface area contributed by atoms with Crippen LogP contribution >= 0.6 is 12.2 Å². The third-order valence-electron chi connectivity index (χ3n) is 6.13. The number of pyridine rings is 1. The number of aryl methyl sites for hydroxylation is 2. The second kappa shape index (κ2) is 6.99. The van der Waals surface area contributed by atoms with E-state index in [2.05, 4.69) is 76.9 Å². The van der Waals surface area contributed by atoms with Crippen molar-refractivity contribution in [3.63, 3.8) is 0 Å². The zero-order valence-corrected chi connectivity index (χ0v) is 17.9. The molecule has 1 aromatic carbocycles. The SMILES string of the molecule is Cc1cccc(N2C(=S)NC(c3ccccn3)C2c2cc(C)n(C3CC3)c2C)c1. The molecular weight excluding hydrogens is 376 g/mol. The van der Waals surface area contributed by atoms with Crippen molar-refractivity contribution in [2.75, 3.05) is 4.90 Å². The first-order valence-electron chi connectivity index (χ1n) is 10.3. The predicted octanol–water partition coefficient (Wildman–Crippen LogP) is 5.32. The summed E-state index contributed by atoms with van der Waals surface area (Å²) >= 11 is 5.85. The number of aromatic nitrogens is 2. The van der Waals surface area contributed by atoms with Gasteiger partial charge in [-0.3, -0.25) is 4.98 Å². The van der Waals surface area contributed by atoms with Gasteiger partial charge in [-0.05, 0) is 87.3 Å². The molecule has 1 aliphatic heterocycles. The van der Waals surface area contributed by atoms with Crippen LogP contribution in [0.3, 0.4) is 0 Å². The van der Waals surface area contributed by atoms with Crippen LogP contribution in [0.1, 0.15) is 59.2 Å². The highest BCUT2D eigenvalue weighted by atomic mass is 32.1. The first-order chi connectivity index (χ1) is 14.0. The van der Waals surface area contributed by atoms with E-state index in [4.69, 9.17) is 12.2 Å². The van der Waals surface area contributed by atoms with Crippen LogP contribution in [0.25, 0.3) is 0 Å². The second-order valence-electron chi connectivity index (χ2n) is 8.26. The number of anilines is 1. The fourth-order valence-corrected chi connectivity index (χ4v) is 5.07. The lowest BCUT2D eigenvalue weighted by molar-refractivity contribution is 0.562. The van der Waals surface area contributed by atoms with Crippen LogP contribution in [0.5, 0.6) is 0 Å². The van der Waals surface area contributed by atoms with Gasteiger partial charge in [-0.1, -0.05) is 18.2 Å². The molecule has 5 rings (SSSR count). The normalized spacial score (nSPS) is 21.5. The summed E-state index contributed by atoms with van der Waals surface area (Å²) in [5.74, 6) is 0. The van der Waals surface area contributed by atoms with Crippen LogP contribution in [0.2, 0.25) is 0 Å². The highest BCUT2D eigenvalue weighted by Gasteiger charge is 2.42. The van der Waals surface area contributed by atoms with Crippen LogP contribution < -0.4 is 10.2 Å². The van der Waals surface area contributed by atoms with Gasteiger partial charge in [0.1, 0.15) is 0 Å². The summed E-state index contributed by atoms with van der Waals surface area (Å²) in [6.45, 7) is 6.61. The lowest BCUT2D eigenvalue weighted by Crippen LogP contribution is -2.29. The van der Waals surface area contributed by atoms with E-state index in [1.165, 1.54) is 35.4 Å². The number of nitrogens with zero attached hydrogens (tertiary/aromatic N) is 3. The number of rotatable bonds is 4. The van der Waals surface area contributed by atoms with Crippen LogP contribution in [-0.2, 0) is 0 Å². The Hall–Kier alpha value is -2.66. The van der Waals surface area contributed by atoms with Gasteiger partial charge in [0, 0.05) is 29.3 Å². The molecule has 148 valence electrons. The van der Waals surface area contributed by atoms with Crippen molar-refractivity contribution in [3.8, 4) is 0 Å².